The van der Waals surface area contributed by atoms with Crippen molar-refractivity contribution in [3.05, 3.63) is 88.0 Å². The second kappa shape index (κ2) is 12.6. The molecule has 3 aromatic rings. The first-order chi connectivity index (χ1) is 20.4. The second-order valence-corrected chi connectivity index (χ2v) is 12.8. The number of hydrogen-bond donors (Lipinski definition) is 1. The highest BCUT2D eigenvalue weighted by atomic mass is 35.5. The molecular formula is C33H40ClN7O. The number of aromatic nitrogens is 2. The predicted octanol–water partition coefficient (Wildman–Crippen LogP) is 5.00. The van der Waals surface area contributed by atoms with E-state index in [4.69, 9.17) is 27.9 Å². The lowest BCUT2D eigenvalue weighted by Gasteiger charge is -2.38. The standard InChI is InChI=1S/C33H40ClN7O/c1-33(2,26-16-27(34)18-29(17-26)35-3)25-4-6-31(7-5-25)42-23-28-8-10-37-32(38-28)41-14-12-40(13-15-41)30-9-11-39(22-30)21-24-19-36-20-24/h4-8,10,16-18,24,30,36H,9,11-15,19-23H2,1-2H3. The van der Waals surface area contributed by atoms with Crippen LogP contribution in [0.3, 0.4) is 0 Å². The third kappa shape index (κ3) is 6.55. The van der Waals surface area contributed by atoms with Gasteiger partial charge in [0.05, 0.1) is 12.3 Å². The zero-order valence-corrected chi connectivity index (χ0v) is 25.4. The highest BCUT2D eigenvalue weighted by molar-refractivity contribution is 6.31. The molecule has 9 heteroatoms. The first-order valence-electron chi connectivity index (χ1n) is 15.0. The lowest BCUT2D eigenvalue weighted by atomic mass is 9.78. The van der Waals surface area contributed by atoms with Gasteiger partial charge < -0.3 is 19.9 Å². The van der Waals surface area contributed by atoms with Crippen molar-refractivity contribution in [2.75, 3.05) is 63.8 Å². The molecule has 6 rings (SSSR count). The zero-order chi connectivity index (χ0) is 29.1. The number of piperazine rings is 1. The van der Waals surface area contributed by atoms with Gasteiger partial charge in [-0.15, -0.1) is 0 Å². The van der Waals surface area contributed by atoms with Gasteiger partial charge >= 0.3 is 0 Å². The van der Waals surface area contributed by atoms with Gasteiger partial charge in [-0.3, -0.25) is 4.90 Å². The molecule has 0 spiro atoms. The van der Waals surface area contributed by atoms with Gasteiger partial charge in [-0.05, 0) is 60.3 Å². The summed E-state index contributed by atoms with van der Waals surface area (Å²) in [5, 5.41) is 3.97. The molecule has 3 fully saturated rings. The van der Waals surface area contributed by atoms with Gasteiger partial charge in [-0.25, -0.2) is 14.8 Å². The van der Waals surface area contributed by atoms with E-state index in [0.717, 1.165) is 60.6 Å². The molecule has 0 aliphatic carbocycles. The van der Waals surface area contributed by atoms with Crippen LogP contribution in [0.5, 0.6) is 5.75 Å². The monoisotopic (exact) mass is 585 g/mol. The number of benzene rings is 2. The van der Waals surface area contributed by atoms with Crippen molar-refractivity contribution < 1.29 is 4.74 Å². The van der Waals surface area contributed by atoms with Gasteiger partial charge in [-0.2, -0.15) is 0 Å². The molecule has 4 heterocycles. The summed E-state index contributed by atoms with van der Waals surface area (Å²) in [4.78, 5) is 20.6. The van der Waals surface area contributed by atoms with E-state index < -0.39 is 0 Å². The summed E-state index contributed by atoms with van der Waals surface area (Å²) in [7, 11) is 0. The fourth-order valence-corrected chi connectivity index (χ4v) is 6.54. The largest absolute Gasteiger partial charge is 0.487 e. The molecule has 1 unspecified atom stereocenters. The smallest absolute Gasteiger partial charge is 0.225 e. The lowest BCUT2D eigenvalue weighted by molar-refractivity contribution is 0.168. The van der Waals surface area contributed by atoms with Crippen molar-refractivity contribution in [2.24, 2.45) is 5.92 Å². The highest BCUT2D eigenvalue weighted by Gasteiger charge is 2.32. The van der Waals surface area contributed by atoms with E-state index >= 15 is 0 Å². The first-order valence-corrected chi connectivity index (χ1v) is 15.4. The molecule has 220 valence electrons. The molecule has 3 aliphatic rings. The number of likely N-dealkylation sites (tertiary alicyclic amines) is 1. The number of halogens is 1. The molecule has 8 nitrogen and oxygen atoms in total. The van der Waals surface area contributed by atoms with Crippen molar-refractivity contribution in [3.63, 3.8) is 0 Å². The number of ether oxygens (including phenoxy) is 1. The third-order valence-electron chi connectivity index (χ3n) is 9.14. The van der Waals surface area contributed by atoms with Crippen molar-refractivity contribution in [1.82, 2.24) is 25.1 Å². The average Bonchev–Trinajstić information content (AvgIpc) is 3.47. The molecule has 1 N–H and O–H groups in total. The molecular weight excluding hydrogens is 546 g/mol. The third-order valence-corrected chi connectivity index (χ3v) is 9.36. The van der Waals surface area contributed by atoms with Crippen LogP contribution in [0.25, 0.3) is 4.85 Å². The molecule has 0 radical (unpaired) electrons. The summed E-state index contributed by atoms with van der Waals surface area (Å²) in [6, 6.07) is 16.3. The minimum atomic E-state index is -0.306. The van der Waals surface area contributed by atoms with Crippen LogP contribution in [0.4, 0.5) is 11.6 Å². The van der Waals surface area contributed by atoms with E-state index in [1.54, 1.807) is 6.07 Å². The Morgan fingerprint density at radius 2 is 1.81 bits per heavy atom. The van der Waals surface area contributed by atoms with Crippen LogP contribution in [0, 0.1) is 12.5 Å². The Bertz CT molecular complexity index is 1410. The molecule has 1 aromatic heterocycles. The molecule has 0 bridgehead atoms. The van der Waals surface area contributed by atoms with E-state index in [2.05, 4.69) is 55.8 Å². The maximum absolute atomic E-state index is 7.37. The summed E-state index contributed by atoms with van der Waals surface area (Å²) in [5.41, 5.74) is 3.25. The number of hydrogen-bond acceptors (Lipinski definition) is 7. The van der Waals surface area contributed by atoms with Crippen LogP contribution in [0.1, 0.15) is 37.1 Å². The van der Waals surface area contributed by atoms with Crippen molar-refractivity contribution in [2.45, 2.75) is 38.3 Å². The minimum Gasteiger partial charge on any atom is -0.487 e. The van der Waals surface area contributed by atoms with Crippen LogP contribution < -0.4 is 15.0 Å². The normalized spacial score (nSPS) is 20.3. The van der Waals surface area contributed by atoms with Crippen LogP contribution in [0.15, 0.2) is 54.7 Å². The Balaban J connectivity index is 1.01. The van der Waals surface area contributed by atoms with Gasteiger partial charge in [0.15, 0.2) is 5.69 Å². The van der Waals surface area contributed by atoms with E-state index in [0.29, 0.717) is 23.4 Å². The van der Waals surface area contributed by atoms with E-state index in [9.17, 15) is 0 Å². The van der Waals surface area contributed by atoms with Crippen molar-refractivity contribution in [3.8, 4) is 5.75 Å². The number of rotatable bonds is 9. The van der Waals surface area contributed by atoms with Crippen LogP contribution in [-0.4, -0.2) is 84.7 Å². The maximum atomic E-state index is 7.37. The Labute approximate surface area is 254 Å². The minimum absolute atomic E-state index is 0.306. The van der Waals surface area contributed by atoms with Crippen LogP contribution >= 0.6 is 11.6 Å². The summed E-state index contributed by atoms with van der Waals surface area (Å²) in [6.07, 6.45) is 3.12. The molecule has 3 aliphatic heterocycles. The predicted molar refractivity (Wildman–Crippen MR) is 168 cm³/mol. The number of nitrogens with one attached hydrogen (secondary N) is 1. The summed E-state index contributed by atoms with van der Waals surface area (Å²) in [5.74, 6) is 2.43. The van der Waals surface area contributed by atoms with E-state index in [1.165, 1.54) is 39.1 Å². The van der Waals surface area contributed by atoms with E-state index in [-0.39, 0.29) is 5.41 Å². The molecule has 42 heavy (non-hydrogen) atoms. The zero-order valence-electron chi connectivity index (χ0n) is 24.6. The SMILES string of the molecule is [C-]#[N+]c1cc(Cl)cc(C(C)(C)c2ccc(OCc3ccnc(N4CCN(C5CCN(CC6CNC6)C5)CC4)n3)cc2)c1. The highest BCUT2D eigenvalue weighted by Crippen LogP contribution is 2.36. The Morgan fingerprint density at radius 1 is 1.02 bits per heavy atom. The Morgan fingerprint density at radius 3 is 2.52 bits per heavy atom. The molecule has 0 saturated carbocycles. The summed E-state index contributed by atoms with van der Waals surface area (Å²) >= 11 is 6.28. The van der Waals surface area contributed by atoms with Crippen molar-refractivity contribution >= 4 is 23.2 Å². The first kappa shape index (κ1) is 28.9. The number of anilines is 1. The lowest BCUT2D eigenvalue weighted by Crippen LogP contribution is -2.52. The van der Waals surface area contributed by atoms with Gasteiger partial charge in [0.1, 0.15) is 12.4 Å². The molecule has 1 atom stereocenters. The van der Waals surface area contributed by atoms with Crippen LogP contribution in [0.2, 0.25) is 5.02 Å². The molecule has 2 aromatic carbocycles. The summed E-state index contributed by atoms with van der Waals surface area (Å²) in [6.45, 7) is 22.1. The fourth-order valence-electron chi connectivity index (χ4n) is 6.31. The summed E-state index contributed by atoms with van der Waals surface area (Å²) < 4.78 is 6.11. The fraction of sp³-hybridized carbons (Fsp3) is 0.485. The second-order valence-electron chi connectivity index (χ2n) is 12.3. The van der Waals surface area contributed by atoms with Gasteiger partial charge in [-0.1, -0.05) is 43.6 Å². The maximum Gasteiger partial charge on any atom is 0.225 e. The number of nitrogens with zero attached hydrogens (tertiary/aromatic N) is 6. The molecule has 3 saturated heterocycles. The molecule has 0 amide bonds. The Hall–Kier alpha value is -3.22. The van der Waals surface area contributed by atoms with Crippen LogP contribution in [-0.2, 0) is 12.0 Å². The Kier molecular flexibility index (Phi) is 8.64. The quantitative estimate of drug-likeness (QED) is 0.355. The van der Waals surface area contributed by atoms with Gasteiger partial charge in [0.2, 0.25) is 5.95 Å². The van der Waals surface area contributed by atoms with Gasteiger partial charge in [0.25, 0.3) is 0 Å². The average molecular weight is 586 g/mol. The van der Waals surface area contributed by atoms with Crippen molar-refractivity contribution in [1.29, 1.82) is 0 Å². The van der Waals surface area contributed by atoms with E-state index in [1.807, 2.05) is 36.5 Å². The topological polar surface area (TPSA) is 61.1 Å². The van der Waals surface area contributed by atoms with Gasteiger partial charge in [0, 0.05) is 75.0 Å².